The van der Waals surface area contributed by atoms with Crippen molar-refractivity contribution in [2.45, 2.75) is 50.7 Å². The van der Waals surface area contributed by atoms with Crippen LogP contribution in [-0.2, 0) is 4.79 Å². The van der Waals surface area contributed by atoms with Gasteiger partial charge in [0.05, 0.1) is 11.9 Å². The molecule has 106 valence electrons. The molecule has 0 heterocycles. The third kappa shape index (κ3) is 6.12. The Balaban J connectivity index is 2.37. The van der Waals surface area contributed by atoms with Gasteiger partial charge in [-0.1, -0.05) is 25.5 Å². The Morgan fingerprint density at radius 3 is 2.47 bits per heavy atom. The maximum absolute atomic E-state index is 11.7. The van der Waals surface area contributed by atoms with Crippen LogP contribution in [0.1, 0.15) is 45.3 Å². The third-order valence-corrected chi connectivity index (χ3v) is 3.87. The van der Waals surface area contributed by atoms with Crippen LogP contribution in [0.25, 0.3) is 0 Å². The summed E-state index contributed by atoms with van der Waals surface area (Å²) in [7, 11) is 0. The molecule has 0 aliphatic carbocycles. The van der Waals surface area contributed by atoms with Crippen LogP contribution in [0.4, 0.5) is 0 Å². The van der Waals surface area contributed by atoms with E-state index in [1.165, 1.54) is 11.8 Å². The number of thioether (sulfide) groups is 1. The largest absolute Gasteiger partial charge is 0.389 e. The first-order valence-electron chi connectivity index (χ1n) is 6.73. The molecule has 0 fully saturated rings. The zero-order chi connectivity index (χ0) is 14.3. The molecule has 0 saturated heterocycles. The molecule has 0 aliphatic heterocycles. The lowest BCUT2D eigenvalue weighted by Crippen LogP contribution is -2.33. The summed E-state index contributed by atoms with van der Waals surface area (Å²) in [4.78, 5) is 12.7. The number of rotatable bonds is 7. The molecule has 0 radical (unpaired) electrons. The second-order valence-corrected chi connectivity index (χ2v) is 5.84. The molecule has 2 unspecified atom stereocenters. The zero-order valence-corrected chi connectivity index (χ0v) is 12.7. The van der Waals surface area contributed by atoms with Crippen molar-refractivity contribution < 1.29 is 9.90 Å². The van der Waals surface area contributed by atoms with Crippen molar-refractivity contribution in [1.82, 2.24) is 5.32 Å². The van der Waals surface area contributed by atoms with Crippen molar-refractivity contribution in [2.75, 3.05) is 5.75 Å². The fraction of sp³-hybridized carbons (Fsp3) is 0.533. The van der Waals surface area contributed by atoms with E-state index in [4.69, 9.17) is 0 Å². The highest BCUT2D eigenvalue weighted by molar-refractivity contribution is 8.00. The Morgan fingerprint density at radius 2 is 1.95 bits per heavy atom. The van der Waals surface area contributed by atoms with Gasteiger partial charge in [-0.05, 0) is 38.0 Å². The number of aliphatic hydroxyl groups is 1. The molecular weight excluding hydrogens is 258 g/mol. The molecule has 1 amide bonds. The van der Waals surface area contributed by atoms with E-state index >= 15 is 0 Å². The van der Waals surface area contributed by atoms with E-state index in [-0.39, 0.29) is 11.9 Å². The molecule has 4 heteroatoms. The number of amides is 1. The fourth-order valence-electron chi connectivity index (χ4n) is 1.81. The highest BCUT2D eigenvalue weighted by atomic mass is 32.2. The molecule has 1 rings (SSSR count). The first-order valence-corrected chi connectivity index (χ1v) is 7.71. The lowest BCUT2D eigenvalue weighted by atomic mass is 10.1. The van der Waals surface area contributed by atoms with E-state index in [0.29, 0.717) is 5.75 Å². The van der Waals surface area contributed by atoms with Gasteiger partial charge in [-0.15, -0.1) is 11.8 Å². The summed E-state index contributed by atoms with van der Waals surface area (Å²) in [6.45, 7) is 5.88. The van der Waals surface area contributed by atoms with Gasteiger partial charge in [-0.25, -0.2) is 0 Å². The maximum Gasteiger partial charge on any atom is 0.230 e. The molecule has 2 atom stereocenters. The minimum Gasteiger partial charge on any atom is -0.389 e. The molecule has 0 aliphatic rings. The van der Waals surface area contributed by atoms with Gasteiger partial charge in [-0.3, -0.25) is 4.79 Å². The van der Waals surface area contributed by atoms with Crippen LogP contribution in [0.3, 0.4) is 0 Å². The molecular formula is C15H23NO2S. The summed E-state index contributed by atoms with van der Waals surface area (Å²) in [6, 6.07) is 7.91. The predicted octanol–water partition coefficient (Wildman–Crippen LogP) is 3.14. The highest BCUT2D eigenvalue weighted by Crippen LogP contribution is 2.20. The topological polar surface area (TPSA) is 49.3 Å². The highest BCUT2D eigenvalue weighted by Gasteiger charge is 2.07. The standard InChI is InChI=1S/C15H23NO2S/c1-4-5-11(2)16-15(18)10-19-14-8-6-13(7-9-14)12(3)17/h6-9,11-12,17H,4-5,10H2,1-3H3,(H,16,18). The summed E-state index contributed by atoms with van der Waals surface area (Å²) in [6.07, 6.45) is 1.65. The van der Waals surface area contributed by atoms with E-state index in [0.717, 1.165) is 23.3 Å². The van der Waals surface area contributed by atoms with E-state index in [2.05, 4.69) is 12.2 Å². The van der Waals surface area contributed by atoms with Gasteiger partial charge in [0, 0.05) is 10.9 Å². The summed E-state index contributed by atoms with van der Waals surface area (Å²) in [5.74, 6) is 0.507. The van der Waals surface area contributed by atoms with Gasteiger partial charge in [-0.2, -0.15) is 0 Å². The van der Waals surface area contributed by atoms with E-state index in [1.54, 1.807) is 6.92 Å². The molecule has 1 aromatic carbocycles. The first-order chi connectivity index (χ1) is 9.02. The minimum atomic E-state index is -0.447. The van der Waals surface area contributed by atoms with Crippen LogP contribution in [0.5, 0.6) is 0 Å². The normalized spacial score (nSPS) is 13.9. The third-order valence-electron chi connectivity index (χ3n) is 2.86. The summed E-state index contributed by atoms with van der Waals surface area (Å²) >= 11 is 1.52. The lowest BCUT2D eigenvalue weighted by molar-refractivity contribution is -0.119. The second kappa shape index (κ2) is 8.23. The molecule has 3 nitrogen and oxygen atoms in total. The molecule has 0 bridgehead atoms. The van der Waals surface area contributed by atoms with Crippen LogP contribution < -0.4 is 5.32 Å². The van der Waals surface area contributed by atoms with Gasteiger partial charge in [0.15, 0.2) is 0 Å². The van der Waals surface area contributed by atoms with Gasteiger partial charge >= 0.3 is 0 Å². The average molecular weight is 281 g/mol. The van der Waals surface area contributed by atoms with Gasteiger partial charge in [0.2, 0.25) is 5.91 Å². The summed E-state index contributed by atoms with van der Waals surface area (Å²) in [5, 5.41) is 12.4. The lowest BCUT2D eigenvalue weighted by Gasteiger charge is -2.12. The fourth-order valence-corrected chi connectivity index (χ4v) is 2.52. The van der Waals surface area contributed by atoms with Crippen LogP contribution >= 0.6 is 11.8 Å². The van der Waals surface area contributed by atoms with Crippen molar-refractivity contribution in [3.63, 3.8) is 0 Å². The molecule has 19 heavy (non-hydrogen) atoms. The number of carbonyl (C=O) groups excluding carboxylic acids is 1. The summed E-state index contributed by atoms with van der Waals surface area (Å²) in [5.41, 5.74) is 0.894. The van der Waals surface area contributed by atoms with Crippen molar-refractivity contribution in [2.24, 2.45) is 0 Å². The maximum atomic E-state index is 11.7. The average Bonchev–Trinajstić information content (AvgIpc) is 2.37. The van der Waals surface area contributed by atoms with Crippen LogP contribution in [0.2, 0.25) is 0 Å². The quantitative estimate of drug-likeness (QED) is 0.755. The summed E-state index contributed by atoms with van der Waals surface area (Å²) < 4.78 is 0. The zero-order valence-electron chi connectivity index (χ0n) is 11.8. The Kier molecular flexibility index (Phi) is 6.95. The number of aliphatic hydroxyl groups excluding tert-OH is 1. The Morgan fingerprint density at radius 1 is 1.32 bits per heavy atom. The van der Waals surface area contributed by atoms with Crippen molar-refractivity contribution in [3.8, 4) is 0 Å². The second-order valence-electron chi connectivity index (χ2n) is 4.79. The van der Waals surface area contributed by atoms with E-state index in [9.17, 15) is 9.90 Å². The SMILES string of the molecule is CCCC(C)NC(=O)CSc1ccc(C(C)O)cc1. The van der Waals surface area contributed by atoms with Crippen molar-refractivity contribution in [1.29, 1.82) is 0 Å². The van der Waals surface area contributed by atoms with Gasteiger partial charge in [0.1, 0.15) is 0 Å². The number of hydrogen-bond acceptors (Lipinski definition) is 3. The predicted molar refractivity (Wildman–Crippen MR) is 80.3 cm³/mol. The van der Waals surface area contributed by atoms with Crippen LogP contribution in [0.15, 0.2) is 29.2 Å². The van der Waals surface area contributed by atoms with E-state index < -0.39 is 6.10 Å². The number of hydrogen-bond donors (Lipinski definition) is 2. The first kappa shape index (κ1) is 16.1. The molecule has 2 N–H and O–H groups in total. The molecule has 0 aromatic heterocycles. The monoisotopic (exact) mass is 281 g/mol. The number of benzene rings is 1. The number of carbonyl (C=O) groups is 1. The Hall–Kier alpha value is -1.00. The number of nitrogens with one attached hydrogen (secondary N) is 1. The van der Waals surface area contributed by atoms with Gasteiger partial charge in [0.25, 0.3) is 0 Å². The van der Waals surface area contributed by atoms with E-state index in [1.807, 2.05) is 31.2 Å². The molecule has 0 spiro atoms. The smallest absolute Gasteiger partial charge is 0.230 e. The molecule has 0 saturated carbocycles. The minimum absolute atomic E-state index is 0.0746. The van der Waals surface area contributed by atoms with Crippen LogP contribution in [0, 0.1) is 0 Å². The van der Waals surface area contributed by atoms with Gasteiger partial charge < -0.3 is 10.4 Å². The molecule has 1 aromatic rings. The Bertz CT molecular complexity index is 390. The van der Waals surface area contributed by atoms with Crippen molar-refractivity contribution in [3.05, 3.63) is 29.8 Å². The van der Waals surface area contributed by atoms with Crippen molar-refractivity contribution >= 4 is 17.7 Å². The van der Waals surface area contributed by atoms with Crippen LogP contribution in [-0.4, -0.2) is 22.8 Å². The Labute approximate surface area is 119 Å².